The van der Waals surface area contributed by atoms with Gasteiger partial charge in [0.1, 0.15) is 5.75 Å². The van der Waals surface area contributed by atoms with E-state index >= 15 is 0 Å². The van der Waals surface area contributed by atoms with Crippen molar-refractivity contribution in [1.29, 1.82) is 0 Å². The monoisotopic (exact) mass is 809 g/mol. The quantitative estimate of drug-likeness (QED) is 0.116. The number of carbonyl (C=O) groups is 2. The van der Waals surface area contributed by atoms with Gasteiger partial charge < -0.3 is 29.6 Å². The van der Waals surface area contributed by atoms with Gasteiger partial charge in [0.25, 0.3) is 11.8 Å². The molecule has 2 amide bonds. The third-order valence-electron chi connectivity index (χ3n) is 10.8. The molecule has 1 aromatic heterocycles. The Morgan fingerprint density at radius 1 is 1.06 bits per heavy atom. The Balaban J connectivity index is 1.13. The first-order valence-corrected chi connectivity index (χ1v) is 21.9. The maximum atomic E-state index is 14.9. The van der Waals surface area contributed by atoms with Crippen molar-refractivity contribution in [2.45, 2.75) is 62.7 Å². The lowest BCUT2D eigenvalue weighted by Crippen LogP contribution is -2.46. The van der Waals surface area contributed by atoms with Crippen molar-refractivity contribution in [2.24, 2.45) is 5.92 Å². The molecular weight excluding hydrogens is 766 g/mol. The number of aromatic nitrogens is 3. The van der Waals surface area contributed by atoms with Crippen LogP contribution in [0.1, 0.15) is 52.0 Å². The van der Waals surface area contributed by atoms with E-state index in [0.717, 1.165) is 26.9 Å². The zero-order valence-corrected chi connectivity index (χ0v) is 33.2. The summed E-state index contributed by atoms with van der Waals surface area (Å²) in [5.74, 6) is -0.410. The molecule has 280 valence electrons. The van der Waals surface area contributed by atoms with Gasteiger partial charge in [0.15, 0.2) is 13.9 Å². The number of aliphatic hydroxyl groups excluding tert-OH is 1. The second-order valence-electron chi connectivity index (χ2n) is 14.6. The molecule has 5 atom stereocenters. The first-order valence-electron chi connectivity index (χ1n) is 18.0. The average Bonchev–Trinajstić information content (AvgIpc) is 3.81. The minimum Gasteiger partial charge on any atom is -0.497 e. The van der Waals surface area contributed by atoms with Crippen LogP contribution in [0.15, 0.2) is 108 Å². The Morgan fingerprint density at radius 2 is 1.81 bits per heavy atom. The fourth-order valence-electron chi connectivity index (χ4n) is 8.25. The van der Waals surface area contributed by atoms with Gasteiger partial charge in [0.05, 0.1) is 43.7 Å². The lowest BCUT2D eigenvalue weighted by atomic mass is 9.82. The van der Waals surface area contributed by atoms with Crippen LogP contribution in [-0.2, 0) is 28.2 Å². The summed E-state index contributed by atoms with van der Waals surface area (Å²) in [6.07, 6.45) is 1.91. The zero-order valence-electron chi connectivity index (χ0n) is 30.6. The highest BCUT2D eigenvalue weighted by Crippen LogP contribution is 2.60. The molecule has 3 heterocycles. The molecule has 11 nitrogen and oxygen atoms in total. The van der Waals surface area contributed by atoms with Crippen LogP contribution in [0, 0.1) is 5.92 Å². The number of aryl methyl sites for hydroxylation is 1. The van der Waals surface area contributed by atoms with Gasteiger partial charge >= 0.3 is 0 Å². The topological polar surface area (TPSA) is 139 Å². The number of nitrogens with zero attached hydrogens (tertiary/aromatic N) is 4. The second kappa shape index (κ2) is 15.2. The molecular formula is C41H44BrN5O6Si. The van der Waals surface area contributed by atoms with E-state index in [0.29, 0.717) is 35.7 Å². The number of carbonyl (C=O) groups excluding carboxylic acids is 2. The fourth-order valence-corrected chi connectivity index (χ4v) is 11.2. The Morgan fingerprint density at radius 3 is 2.52 bits per heavy atom. The number of methoxy groups -OCH3 is 1. The van der Waals surface area contributed by atoms with E-state index in [1.165, 1.54) is 0 Å². The minimum absolute atomic E-state index is 0.100. The average molecular weight is 811 g/mol. The molecule has 4 aromatic carbocycles. The molecule has 1 saturated heterocycles. The minimum atomic E-state index is -2.89. The van der Waals surface area contributed by atoms with Gasteiger partial charge in [-0.25, -0.2) is 0 Å². The van der Waals surface area contributed by atoms with E-state index in [1.54, 1.807) is 41.0 Å². The molecule has 0 aliphatic carbocycles. The fraction of sp³-hybridized carbons (Fsp3) is 0.317. The number of aliphatic hydroxyl groups is 1. The first kappa shape index (κ1) is 37.6. The van der Waals surface area contributed by atoms with Crippen molar-refractivity contribution in [3.8, 4) is 5.75 Å². The molecule has 1 unspecified atom stereocenters. The standard InChI is InChI=1S/C41H44BrN5O6Si/c1-26-38(54(3,4)51)37(19-20-46-24-35(44-45-46)33(25-48)28-10-6-5-7-11-28)53-41(26)34-22-30(42)15-18-36(34)47(40(41)50)23-27-9-8-12-31(21-27)43-39(49)29-13-16-32(52-2)17-14-29/h5-18,21-22,24,26,33,37-38,48,51H,19-20,23,25H2,1-4H3,(H,43,49)/t26-,33?,37+,38-,41+/m1/s1. The Kier molecular flexibility index (Phi) is 10.6. The SMILES string of the molecule is COc1ccc(C(=O)Nc2cccc(CN3C(=O)[C@@]4(O[C@@H](CCn5cc(C(CO)c6ccccc6)nn5)[C@H]([Si](C)(C)O)[C@H]4C)c4cc(Br)ccc43)c2)cc1. The number of ether oxygens (including phenoxy) is 2. The summed E-state index contributed by atoms with van der Waals surface area (Å²) in [5, 5.41) is 21.9. The van der Waals surface area contributed by atoms with Crippen molar-refractivity contribution in [3.05, 3.63) is 136 Å². The molecule has 5 aromatic rings. The summed E-state index contributed by atoms with van der Waals surface area (Å²) < 4.78 is 14.8. The largest absolute Gasteiger partial charge is 0.497 e. The number of halogens is 1. The molecule has 54 heavy (non-hydrogen) atoms. The van der Waals surface area contributed by atoms with Gasteiger partial charge in [0.2, 0.25) is 0 Å². The van der Waals surface area contributed by atoms with Gasteiger partial charge in [-0.15, -0.1) is 5.10 Å². The van der Waals surface area contributed by atoms with Crippen molar-refractivity contribution >= 4 is 47.4 Å². The molecule has 2 aliphatic rings. The predicted molar refractivity (Wildman–Crippen MR) is 212 cm³/mol. The van der Waals surface area contributed by atoms with Crippen LogP contribution in [0.25, 0.3) is 0 Å². The summed E-state index contributed by atoms with van der Waals surface area (Å²) in [6, 6.07) is 29.9. The van der Waals surface area contributed by atoms with E-state index in [-0.39, 0.29) is 42.3 Å². The van der Waals surface area contributed by atoms with Crippen LogP contribution in [0.5, 0.6) is 5.75 Å². The third kappa shape index (κ3) is 7.14. The van der Waals surface area contributed by atoms with Crippen molar-refractivity contribution in [2.75, 3.05) is 23.9 Å². The lowest BCUT2D eigenvalue weighted by Gasteiger charge is -2.32. The first-order chi connectivity index (χ1) is 25.9. The van der Waals surface area contributed by atoms with E-state index in [2.05, 4.69) is 31.6 Å². The second-order valence-corrected chi connectivity index (χ2v) is 19.5. The van der Waals surface area contributed by atoms with Gasteiger partial charge in [-0.05, 0) is 85.2 Å². The number of anilines is 2. The van der Waals surface area contributed by atoms with E-state index in [9.17, 15) is 19.5 Å². The number of rotatable bonds is 12. The number of amides is 2. The lowest BCUT2D eigenvalue weighted by molar-refractivity contribution is -0.146. The molecule has 0 bridgehead atoms. The summed E-state index contributed by atoms with van der Waals surface area (Å²) in [4.78, 5) is 41.5. The zero-order chi connectivity index (χ0) is 38.2. The smallest absolute Gasteiger partial charge is 0.264 e. The normalized spacial score (nSPS) is 21.4. The van der Waals surface area contributed by atoms with Crippen LogP contribution in [-0.4, -0.2) is 64.8 Å². The van der Waals surface area contributed by atoms with Gasteiger partial charge in [-0.3, -0.25) is 14.3 Å². The highest BCUT2D eigenvalue weighted by atomic mass is 79.9. The number of benzene rings is 4. The van der Waals surface area contributed by atoms with Crippen LogP contribution < -0.4 is 15.0 Å². The van der Waals surface area contributed by atoms with Crippen LogP contribution >= 0.6 is 15.9 Å². The Bertz CT molecular complexity index is 2140. The van der Waals surface area contributed by atoms with Crippen molar-refractivity contribution in [3.63, 3.8) is 0 Å². The number of hydrogen-bond acceptors (Lipinski definition) is 8. The van der Waals surface area contributed by atoms with Crippen LogP contribution in [0.3, 0.4) is 0 Å². The number of fused-ring (bicyclic) bond motifs is 2. The maximum absolute atomic E-state index is 14.9. The molecule has 1 spiro atoms. The molecule has 3 N–H and O–H groups in total. The highest BCUT2D eigenvalue weighted by molar-refractivity contribution is 9.10. The summed E-state index contributed by atoms with van der Waals surface area (Å²) in [5.41, 5.74) is 3.48. The Hall–Kier alpha value is -4.66. The molecule has 13 heteroatoms. The number of hydrogen-bond donors (Lipinski definition) is 3. The van der Waals surface area contributed by atoms with Crippen LogP contribution in [0.2, 0.25) is 18.6 Å². The van der Waals surface area contributed by atoms with Crippen molar-refractivity contribution in [1.82, 2.24) is 15.0 Å². The number of nitrogens with one attached hydrogen (secondary N) is 1. The van der Waals surface area contributed by atoms with Crippen molar-refractivity contribution < 1.29 is 29.0 Å². The van der Waals surface area contributed by atoms with Gasteiger partial charge in [-0.2, -0.15) is 0 Å². The molecule has 1 fully saturated rings. The Labute approximate surface area is 324 Å². The van der Waals surface area contributed by atoms with E-state index < -0.39 is 20.0 Å². The van der Waals surface area contributed by atoms with Gasteiger partial charge in [0, 0.05) is 45.5 Å². The maximum Gasteiger partial charge on any atom is 0.264 e. The van der Waals surface area contributed by atoms with Crippen LogP contribution in [0.4, 0.5) is 11.4 Å². The summed E-state index contributed by atoms with van der Waals surface area (Å²) >= 11 is 3.64. The molecule has 0 radical (unpaired) electrons. The summed E-state index contributed by atoms with van der Waals surface area (Å²) in [6.45, 7) is 6.45. The molecule has 7 rings (SSSR count). The van der Waals surface area contributed by atoms with E-state index in [1.807, 2.05) is 99.0 Å². The molecule has 2 aliphatic heterocycles. The third-order valence-corrected chi connectivity index (χ3v) is 13.8. The highest BCUT2D eigenvalue weighted by Gasteiger charge is 2.66. The van der Waals surface area contributed by atoms with Gasteiger partial charge in [-0.1, -0.05) is 70.5 Å². The van der Waals surface area contributed by atoms with E-state index in [4.69, 9.17) is 9.47 Å². The summed E-state index contributed by atoms with van der Waals surface area (Å²) in [7, 11) is -1.32. The predicted octanol–water partition coefficient (Wildman–Crippen LogP) is 6.86. The molecule has 0 saturated carbocycles.